The summed E-state index contributed by atoms with van der Waals surface area (Å²) < 4.78 is 0. The molecule has 0 amide bonds. The van der Waals surface area contributed by atoms with Gasteiger partial charge in [0.1, 0.15) is 0 Å². The second kappa shape index (κ2) is 8.97. The van der Waals surface area contributed by atoms with Gasteiger partial charge in [0.2, 0.25) is 0 Å². The van der Waals surface area contributed by atoms with Crippen molar-refractivity contribution in [3.05, 3.63) is 0 Å². The molecule has 0 unspecified atom stereocenters. The Hall–Kier alpha value is -0.120. The molecule has 0 aromatic carbocycles. The number of rotatable bonds is 8. The van der Waals surface area contributed by atoms with Crippen molar-refractivity contribution in [1.29, 1.82) is 0 Å². The Morgan fingerprint density at radius 1 is 1.00 bits per heavy atom. The minimum absolute atomic E-state index is 0.228. The lowest BCUT2D eigenvalue weighted by Crippen LogP contribution is -2.29. The molecule has 3 heteroatoms. The molecule has 12 heavy (non-hydrogen) atoms. The van der Waals surface area contributed by atoms with E-state index in [0.717, 1.165) is 25.6 Å². The molecule has 0 radical (unpaired) electrons. The van der Waals surface area contributed by atoms with E-state index >= 15 is 0 Å². The zero-order chi connectivity index (χ0) is 9.23. The van der Waals surface area contributed by atoms with Crippen LogP contribution in [0.1, 0.15) is 20.3 Å². The highest BCUT2D eigenvalue weighted by atomic mass is 16.3. The summed E-state index contributed by atoms with van der Waals surface area (Å²) in [6.45, 7) is 8.42. The standard InChI is InChI=1S/C9H22N2O/c1-9(2)3-4-10-5-6-11-7-8-12/h9-12H,3-8H2,1-2H3. The Morgan fingerprint density at radius 2 is 1.58 bits per heavy atom. The molecule has 0 aliphatic heterocycles. The number of nitrogens with one attached hydrogen (secondary N) is 2. The van der Waals surface area contributed by atoms with Gasteiger partial charge in [0.15, 0.2) is 0 Å². The highest BCUT2D eigenvalue weighted by molar-refractivity contribution is 4.53. The summed E-state index contributed by atoms with van der Waals surface area (Å²) in [6.07, 6.45) is 1.24. The first-order chi connectivity index (χ1) is 5.77. The molecule has 0 fully saturated rings. The molecule has 0 heterocycles. The van der Waals surface area contributed by atoms with Crippen molar-refractivity contribution in [1.82, 2.24) is 10.6 Å². The van der Waals surface area contributed by atoms with Crippen molar-refractivity contribution < 1.29 is 5.11 Å². The Labute approximate surface area is 75.6 Å². The Bertz CT molecular complexity index is 86.6. The molecule has 0 saturated heterocycles. The quantitative estimate of drug-likeness (QED) is 0.461. The summed E-state index contributed by atoms with van der Waals surface area (Å²) >= 11 is 0. The molecule has 0 aromatic rings. The van der Waals surface area contributed by atoms with Crippen LogP contribution in [-0.4, -0.2) is 37.9 Å². The Morgan fingerprint density at radius 3 is 2.08 bits per heavy atom. The topological polar surface area (TPSA) is 44.3 Å². The molecule has 0 saturated carbocycles. The summed E-state index contributed by atoms with van der Waals surface area (Å²) in [5.41, 5.74) is 0. The fraction of sp³-hybridized carbons (Fsp3) is 1.00. The molecular formula is C9H22N2O. The van der Waals surface area contributed by atoms with Crippen LogP contribution in [-0.2, 0) is 0 Å². The van der Waals surface area contributed by atoms with E-state index in [1.807, 2.05) is 0 Å². The van der Waals surface area contributed by atoms with E-state index in [4.69, 9.17) is 5.11 Å². The van der Waals surface area contributed by atoms with Gasteiger partial charge in [-0.25, -0.2) is 0 Å². The highest BCUT2D eigenvalue weighted by Gasteiger charge is 1.92. The maximum atomic E-state index is 8.46. The van der Waals surface area contributed by atoms with Gasteiger partial charge in [-0.05, 0) is 18.9 Å². The van der Waals surface area contributed by atoms with Gasteiger partial charge in [-0.1, -0.05) is 13.8 Å². The van der Waals surface area contributed by atoms with Crippen LogP contribution in [0.3, 0.4) is 0 Å². The summed E-state index contributed by atoms with van der Waals surface area (Å²) in [4.78, 5) is 0. The van der Waals surface area contributed by atoms with Gasteiger partial charge >= 0.3 is 0 Å². The summed E-state index contributed by atoms with van der Waals surface area (Å²) in [7, 11) is 0. The molecule has 0 aromatic heterocycles. The Kier molecular flexibility index (Phi) is 8.88. The van der Waals surface area contributed by atoms with Gasteiger partial charge in [-0.2, -0.15) is 0 Å². The largest absolute Gasteiger partial charge is 0.395 e. The second-order valence-electron chi connectivity index (χ2n) is 3.41. The summed E-state index contributed by atoms with van der Waals surface area (Å²) in [6, 6.07) is 0. The third kappa shape index (κ3) is 9.88. The van der Waals surface area contributed by atoms with Crippen molar-refractivity contribution in [2.45, 2.75) is 20.3 Å². The summed E-state index contributed by atoms with van der Waals surface area (Å²) in [5.74, 6) is 0.780. The van der Waals surface area contributed by atoms with Crippen LogP contribution >= 0.6 is 0 Å². The van der Waals surface area contributed by atoms with Gasteiger partial charge in [-0.3, -0.25) is 0 Å². The van der Waals surface area contributed by atoms with Crippen LogP contribution in [0.25, 0.3) is 0 Å². The van der Waals surface area contributed by atoms with Crippen LogP contribution < -0.4 is 10.6 Å². The minimum Gasteiger partial charge on any atom is -0.395 e. The van der Waals surface area contributed by atoms with Crippen molar-refractivity contribution in [3.63, 3.8) is 0 Å². The molecule has 3 N–H and O–H groups in total. The molecule has 0 spiro atoms. The van der Waals surface area contributed by atoms with E-state index in [9.17, 15) is 0 Å². The molecule has 0 aliphatic carbocycles. The molecule has 0 atom stereocenters. The number of hydrogen-bond acceptors (Lipinski definition) is 3. The molecular weight excluding hydrogens is 152 g/mol. The van der Waals surface area contributed by atoms with E-state index in [-0.39, 0.29) is 6.61 Å². The first-order valence-electron chi connectivity index (χ1n) is 4.79. The van der Waals surface area contributed by atoms with Crippen molar-refractivity contribution in [2.75, 3.05) is 32.8 Å². The average Bonchev–Trinajstić information content (AvgIpc) is 2.02. The molecule has 0 bridgehead atoms. The minimum atomic E-state index is 0.228. The zero-order valence-electron chi connectivity index (χ0n) is 8.27. The molecule has 0 rings (SSSR count). The second-order valence-corrected chi connectivity index (χ2v) is 3.41. The smallest absolute Gasteiger partial charge is 0.0555 e. The van der Waals surface area contributed by atoms with Gasteiger partial charge in [0.05, 0.1) is 6.61 Å². The monoisotopic (exact) mass is 174 g/mol. The van der Waals surface area contributed by atoms with Crippen LogP contribution in [0.15, 0.2) is 0 Å². The van der Waals surface area contributed by atoms with Crippen molar-refractivity contribution in [2.24, 2.45) is 5.92 Å². The first-order valence-corrected chi connectivity index (χ1v) is 4.79. The van der Waals surface area contributed by atoms with Crippen molar-refractivity contribution >= 4 is 0 Å². The third-order valence-corrected chi connectivity index (χ3v) is 1.67. The predicted molar refractivity (Wildman–Crippen MR) is 52.3 cm³/mol. The third-order valence-electron chi connectivity index (χ3n) is 1.67. The SMILES string of the molecule is CC(C)CCNCCNCCO. The maximum absolute atomic E-state index is 8.46. The number of hydrogen-bond donors (Lipinski definition) is 3. The van der Waals surface area contributed by atoms with Crippen molar-refractivity contribution in [3.8, 4) is 0 Å². The van der Waals surface area contributed by atoms with E-state index < -0.39 is 0 Å². The lowest BCUT2D eigenvalue weighted by molar-refractivity contribution is 0.292. The van der Waals surface area contributed by atoms with Gasteiger partial charge in [0, 0.05) is 19.6 Å². The van der Waals surface area contributed by atoms with E-state index in [1.54, 1.807) is 0 Å². The molecule has 74 valence electrons. The van der Waals surface area contributed by atoms with Crippen LogP contribution in [0, 0.1) is 5.92 Å². The lowest BCUT2D eigenvalue weighted by atomic mass is 10.1. The van der Waals surface area contributed by atoms with Gasteiger partial charge in [0.25, 0.3) is 0 Å². The van der Waals surface area contributed by atoms with Crippen LogP contribution in [0.5, 0.6) is 0 Å². The van der Waals surface area contributed by atoms with Crippen LogP contribution in [0.4, 0.5) is 0 Å². The Balaban J connectivity index is 2.82. The number of aliphatic hydroxyl groups is 1. The predicted octanol–water partition coefficient (Wildman–Crippen LogP) is 0.204. The maximum Gasteiger partial charge on any atom is 0.0555 e. The first kappa shape index (κ1) is 11.9. The number of aliphatic hydroxyl groups excluding tert-OH is 1. The van der Waals surface area contributed by atoms with E-state index in [0.29, 0.717) is 6.54 Å². The van der Waals surface area contributed by atoms with E-state index in [2.05, 4.69) is 24.5 Å². The fourth-order valence-electron chi connectivity index (χ4n) is 0.897. The lowest BCUT2D eigenvalue weighted by Gasteiger charge is -2.06. The fourth-order valence-corrected chi connectivity index (χ4v) is 0.897. The summed E-state index contributed by atoms with van der Waals surface area (Å²) in [5, 5.41) is 14.9. The van der Waals surface area contributed by atoms with Crippen LogP contribution in [0.2, 0.25) is 0 Å². The van der Waals surface area contributed by atoms with Gasteiger partial charge < -0.3 is 15.7 Å². The van der Waals surface area contributed by atoms with Gasteiger partial charge in [-0.15, -0.1) is 0 Å². The molecule has 0 aliphatic rings. The van der Waals surface area contributed by atoms with E-state index in [1.165, 1.54) is 6.42 Å². The zero-order valence-corrected chi connectivity index (χ0v) is 8.27. The molecule has 3 nitrogen and oxygen atoms in total. The highest BCUT2D eigenvalue weighted by Crippen LogP contribution is 1.95. The normalized spacial score (nSPS) is 11.0. The average molecular weight is 174 g/mol.